The molecule has 0 radical (unpaired) electrons. The molecule has 2 aromatic rings. The Hall–Kier alpha value is -1.61. The van der Waals surface area contributed by atoms with Crippen LogP contribution >= 0.6 is 0 Å². The van der Waals surface area contributed by atoms with Crippen LogP contribution in [0, 0.1) is 6.92 Å². The number of rotatable bonds is 3. The second-order valence-corrected chi connectivity index (χ2v) is 5.02. The summed E-state index contributed by atoms with van der Waals surface area (Å²) in [7, 11) is 0. The van der Waals surface area contributed by atoms with Crippen LogP contribution in [-0.4, -0.2) is 22.4 Å². The predicted octanol–water partition coefficient (Wildman–Crippen LogP) is 2.48. The molecule has 1 aliphatic rings. The molecule has 0 bridgehead atoms. The molecule has 1 aromatic carbocycles. The number of nitrogens with zero attached hydrogens (tertiary/aromatic N) is 2. The molecule has 1 unspecified atom stereocenters. The molecule has 1 saturated heterocycles. The molecule has 18 heavy (non-hydrogen) atoms. The van der Waals surface area contributed by atoms with E-state index in [0.717, 1.165) is 18.7 Å². The van der Waals surface area contributed by atoms with Crippen LogP contribution in [0.4, 0.5) is 0 Å². The molecule has 1 fully saturated rings. The van der Waals surface area contributed by atoms with Gasteiger partial charge < -0.3 is 5.32 Å². The average Bonchev–Trinajstić information content (AvgIpc) is 3.03. The van der Waals surface area contributed by atoms with Crippen molar-refractivity contribution in [1.29, 1.82) is 0 Å². The van der Waals surface area contributed by atoms with Gasteiger partial charge >= 0.3 is 0 Å². The van der Waals surface area contributed by atoms with E-state index in [1.807, 2.05) is 12.3 Å². The third-order valence-corrected chi connectivity index (χ3v) is 3.68. The van der Waals surface area contributed by atoms with Gasteiger partial charge in [-0.15, -0.1) is 0 Å². The minimum Gasteiger partial charge on any atom is -0.314 e. The Kier molecular flexibility index (Phi) is 3.15. The number of nitrogens with one attached hydrogen (secondary N) is 1. The van der Waals surface area contributed by atoms with Crippen molar-refractivity contribution < 1.29 is 0 Å². The average molecular weight is 241 g/mol. The lowest BCUT2D eigenvalue weighted by molar-refractivity contribution is 0.582. The van der Waals surface area contributed by atoms with Gasteiger partial charge in [0.25, 0.3) is 0 Å². The second-order valence-electron chi connectivity index (χ2n) is 5.02. The maximum absolute atomic E-state index is 4.52. The number of benzene rings is 1. The van der Waals surface area contributed by atoms with Crippen molar-refractivity contribution in [3.8, 4) is 5.69 Å². The van der Waals surface area contributed by atoms with Gasteiger partial charge in [0.2, 0.25) is 0 Å². The third kappa shape index (κ3) is 2.18. The van der Waals surface area contributed by atoms with Crippen molar-refractivity contribution in [2.24, 2.45) is 0 Å². The van der Waals surface area contributed by atoms with Crippen molar-refractivity contribution in [2.75, 3.05) is 6.54 Å². The van der Waals surface area contributed by atoms with Crippen LogP contribution in [0.3, 0.4) is 0 Å². The lowest BCUT2D eigenvalue weighted by atomic mass is 10.1. The van der Waals surface area contributed by atoms with Gasteiger partial charge in [-0.05, 0) is 44.0 Å². The number of hydrogen-bond donors (Lipinski definition) is 1. The molecule has 2 heterocycles. The van der Waals surface area contributed by atoms with E-state index in [-0.39, 0.29) is 0 Å². The van der Waals surface area contributed by atoms with Gasteiger partial charge in [0.15, 0.2) is 0 Å². The lowest BCUT2D eigenvalue weighted by Crippen LogP contribution is -2.25. The number of hydrogen-bond acceptors (Lipinski definition) is 2. The van der Waals surface area contributed by atoms with E-state index in [4.69, 9.17) is 0 Å². The van der Waals surface area contributed by atoms with Gasteiger partial charge in [-0.2, -0.15) is 5.10 Å². The highest BCUT2D eigenvalue weighted by atomic mass is 15.3. The van der Waals surface area contributed by atoms with E-state index in [9.17, 15) is 0 Å². The van der Waals surface area contributed by atoms with E-state index < -0.39 is 0 Å². The Labute approximate surface area is 108 Å². The van der Waals surface area contributed by atoms with E-state index >= 15 is 0 Å². The van der Waals surface area contributed by atoms with Crippen molar-refractivity contribution in [3.63, 3.8) is 0 Å². The van der Waals surface area contributed by atoms with Crippen LogP contribution in [0.25, 0.3) is 5.69 Å². The topological polar surface area (TPSA) is 29.9 Å². The fourth-order valence-electron chi connectivity index (χ4n) is 2.66. The van der Waals surface area contributed by atoms with E-state index in [0.29, 0.717) is 6.04 Å². The molecule has 3 heteroatoms. The zero-order valence-electron chi connectivity index (χ0n) is 10.8. The zero-order chi connectivity index (χ0) is 12.4. The Morgan fingerprint density at radius 3 is 2.89 bits per heavy atom. The van der Waals surface area contributed by atoms with Gasteiger partial charge in [-0.3, -0.25) is 0 Å². The van der Waals surface area contributed by atoms with Gasteiger partial charge in [0.1, 0.15) is 0 Å². The highest BCUT2D eigenvalue weighted by molar-refractivity contribution is 5.34. The first-order valence-electron chi connectivity index (χ1n) is 6.67. The number of aryl methyl sites for hydroxylation is 1. The van der Waals surface area contributed by atoms with E-state index in [1.165, 1.54) is 24.1 Å². The molecule has 3 nitrogen and oxygen atoms in total. The quantitative estimate of drug-likeness (QED) is 0.894. The predicted molar refractivity (Wildman–Crippen MR) is 73.0 cm³/mol. The summed E-state index contributed by atoms with van der Waals surface area (Å²) in [6.45, 7) is 3.31. The maximum atomic E-state index is 4.52. The smallest absolute Gasteiger partial charge is 0.0648 e. The Morgan fingerprint density at radius 2 is 2.17 bits per heavy atom. The first-order valence-corrected chi connectivity index (χ1v) is 6.67. The summed E-state index contributed by atoms with van der Waals surface area (Å²) in [5.41, 5.74) is 3.77. The van der Waals surface area contributed by atoms with Crippen LogP contribution in [0.5, 0.6) is 0 Å². The van der Waals surface area contributed by atoms with E-state index in [2.05, 4.69) is 46.3 Å². The SMILES string of the molecule is Cc1cnn(-c2ccccc2)c1CC1CCCN1. The third-order valence-electron chi connectivity index (χ3n) is 3.68. The second kappa shape index (κ2) is 4.94. The summed E-state index contributed by atoms with van der Waals surface area (Å²) in [6, 6.07) is 11.0. The van der Waals surface area contributed by atoms with Gasteiger partial charge in [0, 0.05) is 18.2 Å². The monoisotopic (exact) mass is 241 g/mol. The van der Waals surface area contributed by atoms with Crippen LogP contribution in [-0.2, 0) is 6.42 Å². The van der Waals surface area contributed by atoms with Gasteiger partial charge in [0.05, 0.1) is 11.9 Å². The van der Waals surface area contributed by atoms with Crippen LogP contribution < -0.4 is 5.32 Å². The molecular formula is C15H19N3. The highest BCUT2D eigenvalue weighted by Gasteiger charge is 2.18. The summed E-state index contributed by atoms with van der Waals surface area (Å²) in [5.74, 6) is 0. The normalized spacial score (nSPS) is 19.3. The van der Waals surface area contributed by atoms with E-state index in [1.54, 1.807) is 0 Å². The minimum absolute atomic E-state index is 0.614. The molecule has 1 N–H and O–H groups in total. The van der Waals surface area contributed by atoms with Crippen molar-refractivity contribution in [1.82, 2.24) is 15.1 Å². The Balaban J connectivity index is 1.91. The van der Waals surface area contributed by atoms with Crippen LogP contribution in [0.15, 0.2) is 36.5 Å². The zero-order valence-corrected chi connectivity index (χ0v) is 10.8. The molecular weight excluding hydrogens is 222 g/mol. The largest absolute Gasteiger partial charge is 0.314 e. The Morgan fingerprint density at radius 1 is 1.33 bits per heavy atom. The molecule has 0 spiro atoms. The minimum atomic E-state index is 0.614. The highest BCUT2D eigenvalue weighted by Crippen LogP contribution is 2.18. The summed E-state index contributed by atoms with van der Waals surface area (Å²) < 4.78 is 2.08. The first kappa shape index (κ1) is 11.5. The lowest BCUT2D eigenvalue weighted by Gasteiger charge is -2.13. The fourth-order valence-corrected chi connectivity index (χ4v) is 2.66. The molecule has 0 amide bonds. The summed E-state index contributed by atoms with van der Waals surface area (Å²) in [4.78, 5) is 0. The Bertz CT molecular complexity index is 510. The maximum Gasteiger partial charge on any atom is 0.0648 e. The molecule has 1 atom stereocenters. The molecule has 1 aromatic heterocycles. The van der Waals surface area contributed by atoms with Crippen LogP contribution in [0.2, 0.25) is 0 Å². The number of aromatic nitrogens is 2. The summed E-state index contributed by atoms with van der Waals surface area (Å²) in [6.07, 6.45) is 5.61. The molecule has 94 valence electrons. The molecule has 3 rings (SSSR count). The standard InChI is InChI=1S/C15H19N3/c1-12-11-17-18(14-7-3-2-4-8-14)15(12)10-13-6-5-9-16-13/h2-4,7-8,11,13,16H,5-6,9-10H2,1H3. The summed E-state index contributed by atoms with van der Waals surface area (Å²) >= 11 is 0. The van der Waals surface area contributed by atoms with Crippen molar-refractivity contribution in [2.45, 2.75) is 32.2 Å². The van der Waals surface area contributed by atoms with Crippen molar-refractivity contribution in [3.05, 3.63) is 47.8 Å². The first-order chi connectivity index (χ1) is 8.84. The summed E-state index contributed by atoms with van der Waals surface area (Å²) in [5, 5.41) is 8.08. The molecule has 0 aliphatic carbocycles. The molecule has 0 saturated carbocycles. The number of para-hydroxylation sites is 1. The van der Waals surface area contributed by atoms with Crippen molar-refractivity contribution >= 4 is 0 Å². The van der Waals surface area contributed by atoms with Gasteiger partial charge in [-0.1, -0.05) is 18.2 Å². The van der Waals surface area contributed by atoms with Crippen LogP contribution in [0.1, 0.15) is 24.1 Å². The molecule has 1 aliphatic heterocycles. The fraction of sp³-hybridized carbons (Fsp3) is 0.400. The van der Waals surface area contributed by atoms with Gasteiger partial charge in [-0.25, -0.2) is 4.68 Å².